The molecule has 1 aromatic heterocycles. The van der Waals surface area contributed by atoms with E-state index in [1.165, 1.54) is 24.1 Å². The third-order valence-electron chi connectivity index (χ3n) is 3.81. The van der Waals surface area contributed by atoms with Gasteiger partial charge in [-0.15, -0.1) is 0 Å². The SMILES string of the molecule is Cc1ccc(CN(C)C(=O)CN2C(=O)c3ccccc3S2(=O)=O)o1. The maximum atomic E-state index is 12.4. The Labute approximate surface area is 139 Å². The van der Waals surface area contributed by atoms with Crippen LogP contribution in [-0.2, 0) is 21.4 Å². The van der Waals surface area contributed by atoms with Crippen LogP contribution in [0.5, 0.6) is 0 Å². The smallest absolute Gasteiger partial charge is 0.269 e. The molecule has 2 heterocycles. The minimum atomic E-state index is -3.98. The summed E-state index contributed by atoms with van der Waals surface area (Å²) in [6, 6.07) is 9.45. The Morgan fingerprint density at radius 2 is 1.92 bits per heavy atom. The van der Waals surface area contributed by atoms with Crippen LogP contribution in [0.3, 0.4) is 0 Å². The van der Waals surface area contributed by atoms with Gasteiger partial charge in [0, 0.05) is 7.05 Å². The van der Waals surface area contributed by atoms with Crippen LogP contribution >= 0.6 is 0 Å². The van der Waals surface area contributed by atoms with Crippen molar-refractivity contribution in [2.45, 2.75) is 18.4 Å². The monoisotopic (exact) mass is 348 g/mol. The Kier molecular flexibility index (Phi) is 3.92. The molecule has 0 bridgehead atoms. The third-order valence-corrected chi connectivity index (χ3v) is 5.59. The summed E-state index contributed by atoms with van der Waals surface area (Å²) >= 11 is 0. The topological polar surface area (TPSA) is 87.9 Å². The third kappa shape index (κ3) is 2.69. The van der Waals surface area contributed by atoms with Crippen LogP contribution < -0.4 is 0 Å². The Hall–Kier alpha value is -2.61. The van der Waals surface area contributed by atoms with E-state index in [9.17, 15) is 18.0 Å². The predicted molar refractivity (Wildman–Crippen MR) is 84.6 cm³/mol. The number of carbonyl (C=O) groups is 2. The number of amides is 2. The molecule has 2 amide bonds. The first-order chi connectivity index (χ1) is 11.3. The van der Waals surface area contributed by atoms with Gasteiger partial charge in [-0.3, -0.25) is 9.59 Å². The Morgan fingerprint density at radius 1 is 1.21 bits per heavy atom. The summed E-state index contributed by atoms with van der Waals surface area (Å²) in [6.07, 6.45) is 0. The van der Waals surface area contributed by atoms with E-state index in [1.54, 1.807) is 31.2 Å². The van der Waals surface area contributed by atoms with E-state index < -0.39 is 28.4 Å². The number of rotatable bonds is 4. The maximum Gasteiger partial charge on any atom is 0.269 e. The van der Waals surface area contributed by atoms with Gasteiger partial charge >= 0.3 is 0 Å². The van der Waals surface area contributed by atoms with Gasteiger partial charge < -0.3 is 9.32 Å². The molecular weight excluding hydrogens is 332 g/mol. The highest BCUT2D eigenvalue weighted by Crippen LogP contribution is 2.29. The van der Waals surface area contributed by atoms with E-state index in [1.807, 2.05) is 0 Å². The molecular formula is C16H16N2O5S. The van der Waals surface area contributed by atoms with Gasteiger partial charge in [-0.1, -0.05) is 12.1 Å². The van der Waals surface area contributed by atoms with Crippen molar-refractivity contribution in [2.75, 3.05) is 13.6 Å². The number of aryl methyl sites for hydroxylation is 1. The van der Waals surface area contributed by atoms with Crippen molar-refractivity contribution in [1.29, 1.82) is 0 Å². The van der Waals surface area contributed by atoms with E-state index in [4.69, 9.17) is 4.42 Å². The van der Waals surface area contributed by atoms with Crippen molar-refractivity contribution in [3.8, 4) is 0 Å². The standard InChI is InChI=1S/C16H16N2O5S/c1-11-7-8-12(23-11)9-17(2)15(19)10-18-16(20)13-5-3-4-6-14(13)24(18,21)22/h3-8H,9-10H2,1-2H3. The van der Waals surface area contributed by atoms with Crippen LogP contribution in [0.2, 0.25) is 0 Å². The number of fused-ring (bicyclic) bond motifs is 1. The highest BCUT2D eigenvalue weighted by molar-refractivity contribution is 7.90. The zero-order valence-corrected chi connectivity index (χ0v) is 14.0. The fourth-order valence-electron chi connectivity index (χ4n) is 2.52. The molecule has 0 aliphatic carbocycles. The molecule has 1 aliphatic rings. The molecule has 0 unspecified atom stereocenters. The first-order valence-electron chi connectivity index (χ1n) is 7.26. The minimum Gasteiger partial charge on any atom is -0.464 e. The predicted octanol–water partition coefficient (Wildman–Crippen LogP) is 1.39. The Balaban J connectivity index is 1.76. The molecule has 0 radical (unpaired) electrons. The molecule has 0 saturated heterocycles. The summed E-state index contributed by atoms with van der Waals surface area (Å²) in [5.41, 5.74) is 0.0922. The molecule has 0 spiro atoms. The fourth-order valence-corrected chi connectivity index (χ4v) is 4.04. The molecule has 2 aromatic rings. The van der Waals surface area contributed by atoms with Crippen molar-refractivity contribution in [3.05, 3.63) is 53.5 Å². The summed E-state index contributed by atoms with van der Waals surface area (Å²) < 4.78 is 30.9. The Bertz CT molecular complexity index is 916. The number of sulfonamides is 1. The van der Waals surface area contributed by atoms with Gasteiger partial charge in [0.2, 0.25) is 5.91 Å². The lowest BCUT2D eigenvalue weighted by atomic mass is 10.2. The maximum absolute atomic E-state index is 12.4. The summed E-state index contributed by atoms with van der Waals surface area (Å²) in [4.78, 5) is 25.9. The lowest BCUT2D eigenvalue weighted by Crippen LogP contribution is -2.40. The van der Waals surface area contributed by atoms with Gasteiger partial charge in [-0.25, -0.2) is 12.7 Å². The molecule has 0 N–H and O–H groups in total. The van der Waals surface area contributed by atoms with Crippen molar-refractivity contribution >= 4 is 21.8 Å². The Morgan fingerprint density at radius 3 is 2.54 bits per heavy atom. The van der Waals surface area contributed by atoms with Crippen LogP contribution in [0.15, 0.2) is 45.7 Å². The highest BCUT2D eigenvalue weighted by atomic mass is 32.2. The second-order valence-corrected chi connectivity index (χ2v) is 7.41. The number of likely N-dealkylation sites (N-methyl/N-ethyl adjacent to an activating group) is 1. The number of benzene rings is 1. The zero-order chi connectivity index (χ0) is 17.5. The van der Waals surface area contributed by atoms with Gasteiger partial charge in [0.15, 0.2) is 0 Å². The highest BCUT2D eigenvalue weighted by Gasteiger charge is 2.42. The van der Waals surface area contributed by atoms with Crippen LogP contribution in [0, 0.1) is 6.92 Å². The number of hydrogen-bond acceptors (Lipinski definition) is 5. The van der Waals surface area contributed by atoms with Gasteiger partial charge in [0.1, 0.15) is 23.0 Å². The largest absolute Gasteiger partial charge is 0.464 e. The number of hydrogen-bond donors (Lipinski definition) is 0. The summed E-state index contributed by atoms with van der Waals surface area (Å²) in [6.45, 7) is 1.45. The first-order valence-corrected chi connectivity index (χ1v) is 8.70. The average molecular weight is 348 g/mol. The van der Waals surface area contributed by atoms with E-state index >= 15 is 0 Å². The lowest BCUT2D eigenvalue weighted by Gasteiger charge is -2.20. The van der Waals surface area contributed by atoms with Gasteiger partial charge in [-0.05, 0) is 31.2 Å². The van der Waals surface area contributed by atoms with E-state index in [0.717, 1.165) is 5.76 Å². The molecule has 126 valence electrons. The van der Waals surface area contributed by atoms with Crippen molar-refractivity contribution in [1.82, 2.24) is 9.21 Å². The minimum absolute atomic E-state index is 0.0629. The molecule has 24 heavy (non-hydrogen) atoms. The van der Waals surface area contributed by atoms with Crippen LogP contribution in [0.4, 0.5) is 0 Å². The van der Waals surface area contributed by atoms with Crippen LogP contribution in [0.1, 0.15) is 21.9 Å². The second kappa shape index (κ2) is 5.79. The average Bonchev–Trinajstić information content (AvgIpc) is 3.03. The van der Waals surface area contributed by atoms with Gasteiger partial charge in [-0.2, -0.15) is 0 Å². The van der Waals surface area contributed by atoms with Gasteiger partial charge in [0.05, 0.1) is 12.1 Å². The van der Waals surface area contributed by atoms with Crippen LogP contribution in [-0.4, -0.2) is 43.0 Å². The van der Waals surface area contributed by atoms with Gasteiger partial charge in [0.25, 0.3) is 15.9 Å². The van der Waals surface area contributed by atoms with E-state index in [-0.39, 0.29) is 17.0 Å². The molecule has 0 fully saturated rings. The number of furan rings is 1. The zero-order valence-electron chi connectivity index (χ0n) is 13.2. The fraction of sp³-hybridized carbons (Fsp3) is 0.250. The molecule has 3 rings (SSSR count). The molecule has 1 aliphatic heterocycles. The normalized spacial score (nSPS) is 15.4. The van der Waals surface area contributed by atoms with Crippen molar-refractivity contribution < 1.29 is 22.4 Å². The second-order valence-electron chi connectivity index (χ2n) is 5.58. The van der Waals surface area contributed by atoms with E-state index in [0.29, 0.717) is 10.1 Å². The summed E-state index contributed by atoms with van der Waals surface area (Å²) in [5.74, 6) is 0.135. The van der Waals surface area contributed by atoms with Crippen molar-refractivity contribution in [2.24, 2.45) is 0 Å². The summed E-state index contributed by atoms with van der Waals surface area (Å²) in [5, 5.41) is 0. The quantitative estimate of drug-likeness (QED) is 0.833. The molecule has 1 aromatic carbocycles. The number of nitrogens with zero attached hydrogens (tertiary/aromatic N) is 2. The molecule has 7 nitrogen and oxygen atoms in total. The molecule has 8 heteroatoms. The van der Waals surface area contributed by atoms with Crippen LogP contribution in [0.25, 0.3) is 0 Å². The van der Waals surface area contributed by atoms with Crippen molar-refractivity contribution in [3.63, 3.8) is 0 Å². The first kappa shape index (κ1) is 16.3. The number of carbonyl (C=O) groups excluding carboxylic acids is 2. The van der Waals surface area contributed by atoms with E-state index in [2.05, 4.69) is 0 Å². The lowest BCUT2D eigenvalue weighted by molar-refractivity contribution is -0.130. The molecule has 0 saturated carbocycles. The summed E-state index contributed by atoms with van der Waals surface area (Å²) in [7, 11) is -2.45. The molecule has 0 atom stereocenters.